The molecule has 0 spiro atoms. The molecule has 0 radical (unpaired) electrons. The van der Waals surface area contributed by atoms with E-state index in [1.165, 1.54) is 6.07 Å². The molecular formula is C7H10N2O2S2. The summed E-state index contributed by atoms with van der Waals surface area (Å²) < 4.78 is 18.4. The molecule has 13 heavy (non-hydrogen) atoms. The molecular weight excluding hydrogens is 208 g/mol. The van der Waals surface area contributed by atoms with Gasteiger partial charge in [-0.25, -0.2) is 14.1 Å². The quantitative estimate of drug-likeness (QED) is 0.755. The van der Waals surface area contributed by atoms with E-state index in [2.05, 4.69) is 0 Å². The minimum Gasteiger partial charge on any atom is -0.294 e. The molecule has 0 aliphatic heterocycles. The number of ketones is 1. The third kappa shape index (κ3) is 2.36. The van der Waals surface area contributed by atoms with Crippen molar-refractivity contribution in [1.29, 1.82) is 4.78 Å². The lowest BCUT2D eigenvalue weighted by Crippen LogP contribution is -2.08. The average molecular weight is 218 g/mol. The summed E-state index contributed by atoms with van der Waals surface area (Å²) in [6.07, 6.45) is 0.403. The standard InChI is InChI=1S/C7H10N2O2S2/c1-2-6(10)5-3-7(12-4-5)13(8,9)11/h3-4H,2H2,1H3,(H3,8,9,11). The largest absolute Gasteiger partial charge is 0.294 e. The number of hydrogen-bond donors (Lipinski definition) is 2. The first-order chi connectivity index (χ1) is 5.95. The summed E-state index contributed by atoms with van der Waals surface area (Å²) in [5.74, 6) is -0.0221. The fraction of sp³-hybridized carbons (Fsp3) is 0.286. The van der Waals surface area contributed by atoms with Gasteiger partial charge in [-0.1, -0.05) is 6.92 Å². The predicted molar refractivity (Wildman–Crippen MR) is 52.3 cm³/mol. The Morgan fingerprint density at radius 2 is 2.38 bits per heavy atom. The SMILES string of the molecule is CCC(=O)c1csc(S(=N)(N)=O)c1. The van der Waals surface area contributed by atoms with Gasteiger partial charge >= 0.3 is 0 Å². The van der Waals surface area contributed by atoms with Crippen molar-refractivity contribution in [1.82, 2.24) is 0 Å². The molecule has 0 bridgehead atoms. The molecule has 0 aliphatic carbocycles. The van der Waals surface area contributed by atoms with Crippen LogP contribution in [0.4, 0.5) is 0 Å². The highest BCUT2D eigenvalue weighted by molar-refractivity contribution is 7.92. The van der Waals surface area contributed by atoms with Crippen molar-refractivity contribution in [3.63, 3.8) is 0 Å². The van der Waals surface area contributed by atoms with Gasteiger partial charge in [-0.3, -0.25) is 4.79 Å². The first-order valence-corrected chi connectivity index (χ1v) is 6.13. The number of carbonyl (C=O) groups is 1. The van der Waals surface area contributed by atoms with E-state index in [0.717, 1.165) is 11.3 Å². The van der Waals surface area contributed by atoms with Crippen LogP contribution in [-0.2, 0) is 9.92 Å². The van der Waals surface area contributed by atoms with E-state index in [0.29, 0.717) is 12.0 Å². The second-order valence-electron chi connectivity index (χ2n) is 2.53. The summed E-state index contributed by atoms with van der Waals surface area (Å²) in [5, 5.41) is 6.69. The van der Waals surface area contributed by atoms with Crippen LogP contribution >= 0.6 is 11.3 Å². The summed E-state index contributed by atoms with van der Waals surface area (Å²) in [6, 6.07) is 1.44. The number of carbonyl (C=O) groups excluding carboxylic acids is 1. The van der Waals surface area contributed by atoms with Gasteiger partial charge in [-0.15, -0.1) is 11.3 Å². The molecule has 0 fully saturated rings. The molecule has 4 nitrogen and oxygen atoms in total. The van der Waals surface area contributed by atoms with Crippen molar-refractivity contribution in [2.75, 3.05) is 0 Å². The Bertz CT molecular complexity index is 419. The van der Waals surface area contributed by atoms with Crippen molar-refractivity contribution >= 4 is 27.0 Å². The van der Waals surface area contributed by atoms with Crippen molar-refractivity contribution in [2.45, 2.75) is 17.6 Å². The van der Waals surface area contributed by atoms with E-state index in [9.17, 15) is 9.00 Å². The van der Waals surface area contributed by atoms with Crippen LogP contribution in [0.2, 0.25) is 0 Å². The Hall–Kier alpha value is -0.720. The number of nitrogens with one attached hydrogen (secondary N) is 1. The summed E-state index contributed by atoms with van der Waals surface area (Å²) in [6.45, 7) is 1.75. The number of rotatable bonds is 3. The van der Waals surface area contributed by atoms with Crippen LogP contribution in [-0.4, -0.2) is 9.99 Å². The Kier molecular flexibility index (Phi) is 2.84. The van der Waals surface area contributed by atoms with Crippen LogP contribution in [0.1, 0.15) is 23.7 Å². The molecule has 72 valence electrons. The minimum absolute atomic E-state index is 0.0221. The van der Waals surface area contributed by atoms with E-state index < -0.39 is 9.92 Å². The second kappa shape index (κ2) is 3.57. The van der Waals surface area contributed by atoms with Crippen LogP contribution < -0.4 is 5.14 Å². The highest BCUT2D eigenvalue weighted by atomic mass is 32.2. The molecule has 6 heteroatoms. The van der Waals surface area contributed by atoms with Gasteiger partial charge in [-0.05, 0) is 6.07 Å². The molecule has 1 rings (SSSR count). The third-order valence-corrected chi connectivity index (χ3v) is 3.99. The highest BCUT2D eigenvalue weighted by Crippen LogP contribution is 2.20. The first kappa shape index (κ1) is 10.4. The zero-order valence-corrected chi connectivity index (χ0v) is 8.71. The molecule has 1 unspecified atom stereocenters. The molecule has 0 amide bonds. The Labute approximate surface area is 80.9 Å². The van der Waals surface area contributed by atoms with Gasteiger partial charge in [0.1, 0.15) is 14.1 Å². The van der Waals surface area contributed by atoms with Crippen molar-refractivity contribution < 1.29 is 9.00 Å². The Balaban J connectivity index is 3.07. The average Bonchev–Trinajstić information content (AvgIpc) is 2.50. The maximum Gasteiger partial charge on any atom is 0.163 e. The highest BCUT2D eigenvalue weighted by Gasteiger charge is 2.11. The molecule has 1 aromatic rings. The fourth-order valence-electron chi connectivity index (χ4n) is 0.826. The summed E-state index contributed by atoms with van der Waals surface area (Å²) in [5.41, 5.74) is 0.493. The monoisotopic (exact) mass is 218 g/mol. The maximum atomic E-state index is 11.2. The molecule has 1 heterocycles. The van der Waals surface area contributed by atoms with Gasteiger partial charge in [0.05, 0.1) is 0 Å². The lowest BCUT2D eigenvalue weighted by molar-refractivity contribution is 0.0988. The van der Waals surface area contributed by atoms with Crippen LogP contribution in [0.25, 0.3) is 0 Å². The molecule has 0 aromatic carbocycles. The molecule has 0 saturated heterocycles. The fourth-order valence-corrected chi connectivity index (χ4v) is 2.48. The summed E-state index contributed by atoms with van der Waals surface area (Å²) in [7, 11) is -3.16. The maximum absolute atomic E-state index is 11.2. The number of thiophene rings is 1. The molecule has 0 aliphatic rings. The third-order valence-electron chi connectivity index (χ3n) is 1.52. The normalized spacial score (nSPS) is 15.2. The topological polar surface area (TPSA) is 84.0 Å². The van der Waals surface area contributed by atoms with E-state index >= 15 is 0 Å². The predicted octanol–water partition coefficient (Wildman–Crippen LogP) is 1.62. The van der Waals surface area contributed by atoms with Crippen LogP contribution in [0.15, 0.2) is 15.7 Å². The second-order valence-corrected chi connectivity index (χ2v) is 5.34. The van der Waals surface area contributed by atoms with Crippen LogP contribution in [0.3, 0.4) is 0 Å². The molecule has 3 N–H and O–H groups in total. The Morgan fingerprint density at radius 3 is 2.77 bits per heavy atom. The molecule has 0 saturated carbocycles. The van der Waals surface area contributed by atoms with Crippen molar-refractivity contribution in [2.24, 2.45) is 5.14 Å². The number of Topliss-reactive ketones (excluding diaryl/α,β-unsaturated/α-hetero) is 1. The first-order valence-electron chi connectivity index (χ1n) is 3.63. The zero-order chi connectivity index (χ0) is 10.1. The van der Waals surface area contributed by atoms with E-state index in [1.807, 2.05) is 0 Å². The van der Waals surface area contributed by atoms with E-state index in [4.69, 9.17) is 9.92 Å². The van der Waals surface area contributed by atoms with Gasteiger partial charge in [0, 0.05) is 17.4 Å². The lowest BCUT2D eigenvalue weighted by atomic mass is 10.2. The number of hydrogen-bond acceptors (Lipinski definition) is 4. The molecule has 1 aromatic heterocycles. The van der Waals surface area contributed by atoms with E-state index in [1.54, 1.807) is 12.3 Å². The summed E-state index contributed by atoms with van der Waals surface area (Å²) in [4.78, 5) is 11.2. The Morgan fingerprint density at radius 1 is 1.77 bits per heavy atom. The lowest BCUT2D eigenvalue weighted by Gasteiger charge is -1.92. The van der Waals surface area contributed by atoms with Gasteiger partial charge in [0.2, 0.25) is 0 Å². The molecule has 1 atom stereocenters. The van der Waals surface area contributed by atoms with Crippen LogP contribution in [0, 0.1) is 4.78 Å². The van der Waals surface area contributed by atoms with E-state index in [-0.39, 0.29) is 9.99 Å². The van der Waals surface area contributed by atoms with Gasteiger partial charge in [-0.2, -0.15) is 0 Å². The van der Waals surface area contributed by atoms with Gasteiger partial charge in [0.25, 0.3) is 0 Å². The van der Waals surface area contributed by atoms with Gasteiger partial charge < -0.3 is 0 Å². The number of nitrogens with two attached hydrogens (primary N) is 1. The van der Waals surface area contributed by atoms with Gasteiger partial charge in [0.15, 0.2) is 5.78 Å². The van der Waals surface area contributed by atoms with Crippen LogP contribution in [0.5, 0.6) is 0 Å². The minimum atomic E-state index is -3.16. The zero-order valence-electron chi connectivity index (χ0n) is 7.07. The van der Waals surface area contributed by atoms with Crippen molar-refractivity contribution in [3.8, 4) is 0 Å². The summed E-state index contributed by atoms with van der Waals surface area (Å²) >= 11 is 1.09. The van der Waals surface area contributed by atoms with Crippen molar-refractivity contribution in [3.05, 3.63) is 17.0 Å². The smallest absolute Gasteiger partial charge is 0.163 e.